The Morgan fingerprint density at radius 1 is 1.17 bits per heavy atom. The van der Waals surface area contributed by atoms with Crippen LogP contribution in [0.15, 0.2) is 30.3 Å². The van der Waals surface area contributed by atoms with Crippen LogP contribution in [0.25, 0.3) is 0 Å². The summed E-state index contributed by atoms with van der Waals surface area (Å²) in [7, 11) is 0. The van der Waals surface area contributed by atoms with Crippen molar-refractivity contribution in [2.45, 2.75) is 50.7 Å². The van der Waals surface area contributed by atoms with Crippen LogP contribution in [0.2, 0.25) is 0 Å². The van der Waals surface area contributed by atoms with Crippen molar-refractivity contribution in [1.29, 1.82) is 0 Å². The highest BCUT2D eigenvalue weighted by atomic mass is 15.3. The summed E-state index contributed by atoms with van der Waals surface area (Å²) in [5, 5.41) is 3.70. The molecule has 0 bridgehead atoms. The Hall–Kier alpha value is -0.860. The zero-order valence-corrected chi connectivity index (χ0v) is 11.5. The minimum Gasteiger partial charge on any atom is -0.309 e. The summed E-state index contributed by atoms with van der Waals surface area (Å²) in [6, 6.07) is 12.4. The molecule has 0 spiro atoms. The van der Waals surface area contributed by atoms with Crippen molar-refractivity contribution in [1.82, 2.24) is 10.2 Å². The van der Waals surface area contributed by atoms with E-state index in [1.54, 1.807) is 0 Å². The van der Waals surface area contributed by atoms with Crippen LogP contribution in [0, 0.1) is 0 Å². The summed E-state index contributed by atoms with van der Waals surface area (Å²) < 4.78 is 0. The number of nitrogens with zero attached hydrogens (tertiary/aromatic N) is 1. The van der Waals surface area contributed by atoms with Gasteiger partial charge < -0.3 is 5.32 Å². The minimum absolute atomic E-state index is 0.251. The topological polar surface area (TPSA) is 15.3 Å². The van der Waals surface area contributed by atoms with Gasteiger partial charge in [0, 0.05) is 30.7 Å². The molecule has 2 aliphatic rings. The molecule has 1 saturated heterocycles. The third-order valence-electron chi connectivity index (χ3n) is 4.48. The predicted molar refractivity (Wildman–Crippen MR) is 75.6 cm³/mol. The van der Waals surface area contributed by atoms with E-state index in [4.69, 9.17) is 0 Å². The quantitative estimate of drug-likeness (QED) is 0.860. The fraction of sp³-hybridized carbons (Fsp3) is 0.625. The number of nitrogens with one attached hydrogen (secondary N) is 1. The maximum Gasteiger partial charge on any atom is 0.0476 e. The maximum absolute atomic E-state index is 3.70. The molecule has 1 aromatic rings. The molecule has 2 fully saturated rings. The van der Waals surface area contributed by atoms with E-state index in [-0.39, 0.29) is 5.54 Å². The zero-order valence-electron chi connectivity index (χ0n) is 11.5. The van der Waals surface area contributed by atoms with Gasteiger partial charge >= 0.3 is 0 Å². The first-order valence-electron chi connectivity index (χ1n) is 7.21. The van der Waals surface area contributed by atoms with E-state index in [9.17, 15) is 0 Å². The molecule has 18 heavy (non-hydrogen) atoms. The number of benzene rings is 1. The Balaban J connectivity index is 1.83. The van der Waals surface area contributed by atoms with Gasteiger partial charge in [0.25, 0.3) is 0 Å². The van der Waals surface area contributed by atoms with Gasteiger partial charge in [-0.15, -0.1) is 0 Å². The monoisotopic (exact) mass is 244 g/mol. The molecule has 3 rings (SSSR count). The van der Waals surface area contributed by atoms with Crippen molar-refractivity contribution in [3.05, 3.63) is 35.9 Å². The highest BCUT2D eigenvalue weighted by Crippen LogP contribution is 2.35. The number of piperazine rings is 1. The van der Waals surface area contributed by atoms with Crippen LogP contribution in [-0.4, -0.2) is 29.6 Å². The Kier molecular flexibility index (Phi) is 3.16. The van der Waals surface area contributed by atoms with E-state index in [0.717, 1.165) is 19.1 Å². The molecule has 1 saturated carbocycles. The van der Waals surface area contributed by atoms with E-state index < -0.39 is 0 Å². The fourth-order valence-electron chi connectivity index (χ4n) is 3.20. The molecule has 1 unspecified atom stereocenters. The van der Waals surface area contributed by atoms with Crippen LogP contribution in [0.1, 0.15) is 44.7 Å². The van der Waals surface area contributed by atoms with Crippen molar-refractivity contribution in [2.24, 2.45) is 0 Å². The van der Waals surface area contributed by atoms with Gasteiger partial charge in [0.05, 0.1) is 0 Å². The van der Waals surface area contributed by atoms with Crippen LogP contribution in [0.3, 0.4) is 0 Å². The number of hydrogen-bond donors (Lipinski definition) is 1. The van der Waals surface area contributed by atoms with E-state index in [0.29, 0.717) is 6.04 Å². The van der Waals surface area contributed by atoms with Gasteiger partial charge in [-0.05, 0) is 32.3 Å². The van der Waals surface area contributed by atoms with Crippen LogP contribution < -0.4 is 5.32 Å². The lowest BCUT2D eigenvalue weighted by Gasteiger charge is -2.50. The summed E-state index contributed by atoms with van der Waals surface area (Å²) in [6.45, 7) is 6.88. The van der Waals surface area contributed by atoms with Crippen molar-refractivity contribution in [3.8, 4) is 0 Å². The Morgan fingerprint density at radius 2 is 1.89 bits per heavy atom. The molecule has 1 aliphatic heterocycles. The van der Waals surface area contributed by atoms with Crippen LogP contribution in [0.5, 0.6) is 0 Å². The summed E-state index contributed by atoms with van der Waals surface area (Å²) in [5.41, 5.74) is 1.72. The average Bonchev–Trinajstić information content (AvgIpc) is 2.27. The largest absolute Gasteiger partial charge is 0.309 e. The lowest BCUT2D eigenvalue weighted by atomic mass is 9.85. The highest BCUT2D eigenvalue weighted by Gasteiger charge is 2.38. The first-order valence-corrected chi connectivity index (χ1v) is 7.21. The molecule has 0 radical (unpaired) electrons. The second-order valence-corrected chi connectivity index (χ2v) is 6.45. The van der Waals surface area contributed by atoms with Gasteiger partial charge in [-0.2, -0.15) is 0 Å². The molecule has 1 atom stereocenters. The second-order valence-electron chi connectivity index (χ2n) is 6.45. The SMILES string of the molecule is CC1(C)CN(C2CCC2)C(c2ccccc2)CN1. The highest BCUT2D eigenvalue weighted by molar-refractivity contribution is 5.21. The van der Waals surface area contributed by atoms with Crippen molar-refractivity contribution >= 4 is 0 Å². The maximum atomic E-state index is 3.70. The summed E-state index contributed by atoms with van der Waals surface area (Å²) >= 11 is 0. The van der Waals surface area contributed by atoms with Gasteiger partial charge in [-0.25, -0.2) is 0 Å². The summed E-state index contributed by atoms with van der Waals surface area (Å²) in [5.74, 6) is 0. The molecule has 0 aromatic heterocycles. The molecule has 1 N–H and O–H groups in total. The first-order chi connectivity index (χ1) is 8.66. The van der Waals surface area contributed by atoms with Gasteiger partial charge in [0.15, 0.2) is 0 Å². The third-order valence-corrected chi connectivity index (χ3v) is 4.48. The van der Waals surface area contributed by atoms with Crippen molar-refractivity contribution in [2.75, 3.05) is 13.1 Å². The molecule has 2 heteroatoms. The van der Waals surface area contributed by atoms with E-state index in [1.807, 2.05) is 0 Å². The molecule has 98 valence electrons. The molecule has 1 heterocycles. The molecular formula is C16H24N2. The van der Waals surface area contributed by atoms with Gasteiger partial charge in [0.2, 0.25) is 0 Å². The van der Waals surface area contributed by atoms with E-state index >= 15 is 0 Å². The van der Waals surface area contributed by atoms with Crippen LogP contribution >= 0.6 is 0 Å². The zero-order chi connectivity index (χ0) is 12.6. The molecule has 1 aromatic carbocycles. The van der Waals surface area contributed by atoms with Gasteiger partial charge in [0.1, 0.15) is 0 Å². The third kappa shape index (κ3) is 2.32. The number of hydrogen-bond acceptors (Lipinski definition) is 2. The fourth-order valence-corrected chi connectivity index (χ4v) is 3.20. The molecule has 0 amide bonds. The van der Waals surface area contributed by atoms with E-state index in [1.165, 1.54) is 24.8 Å². The smallest absolute Gasteiger partial charge is 0.0476 e. The average molecular weight is 244 g/mol. The van der Waals surface area contributed by atoms with Crippen LogP contribution in [-0.2, 0) is 0 Å². The Labute approximate surface area is 110 Å². The van der Waals surface area contributed by atoms with Gasteiger partial charge in [-0.1, -0.05) is 36.8 Å². The Morgan fingerprint density at radius 3 is 2.50 bits per heavy atom. The van der Waals surface area contributed by atoms with E-state index in [2.05, 4.69) is 54.4 Å². The number of rotatable bonds is 2. The summed E-state index contributed by atoms with van der Waals surface area (Å²) in [4.78, 5) is 2.75. The molecule has 2 nitrogen and oxygen atoms in total. The summed E-state index contributed by atoms with van der Waals surface area (Å²) in [6.07, 6.45) is 4.19. The second kappa shape index (κ2) is 4.67. The predicted octanol–water partition coefficient (Wildman–Crippen LogP) is 2.96. The van der Waals surface area contributed by atoms with Crippen molar-refractivity contribution in [3.63, 3.8) is 0 Å². The molecular weight excluding hydrogens is 220 g/mol. The van der Waals surface area contributed by atoms with Gasteiger partial charge in [-0.3, -0.25) is 4.90 Å². The lowest BCUT2D eigenvalue weighted by Crippen LogP contribution is -2.61. The Bertz CT molecular complexity index is 395. The lowest BCUT2D eigenvalue weighted by molar-refractivity contribution is 0.0203. The molecule has 1 aliphatic carbocycles. The standard InChI is InChI=1S/C16H24N2/c1-16(2)12-18(14-9-6-10-14)15(11-17-16)13-7-4-3-5-8-13/h3-5,7-8,14-15,17H,6,9-12H2,1-2H3. The first kappa shape index (κ1) is 12.2. The van der Waals surface area contributed by atoms with Crippen LogP contribution in [0.4, 0.5) is 0 Å². The normalized spacial score (nSPS) is 28.9. The minimum atomic E-state index is 0.251. The van der Waals surface area contributed by atoms with Crippen molar-refractivity contribution < 1.29 is 0 Å².